The molecule has 0 spiro atoms. The van der Waals surface area contributed by atoms with Crippen LogP contribution < -0.4 is 16.0 Å². The Balaban J connectivity index is 1.57. The van der Waals surface area contributed by atoms with Crippen LogP contribution in [0.3, 0.4) is 0 Å². The molecule has 4 aromatic rings. The molecule has 0 aliphatic heterocycles. The molecule has 4 rings (SSSR count). The third-order valence-corrected chi connectivity index (χ3v) is 7.39. The normalized spacial score (nSPS) is 12.0. The topological polar surface area (TPSA) is 106 Å². The second-order valence-corrected chi connectivity index (χ2v) is 11.2. The Labute approximate surface area is 271 Å². The first-order valence-corrected chi connectivity index (χ1v) is 15.4. The second-order valence-electron chi connectivity index (χ2n) is 11.2. The van der Waals surface area contributed by atoms with Crippen molar-refractivity contribution in [2.24, 2.45) is 4.99 Å². The number of nitrogens with zero attached hydrogens (tertiary/aromatic N) is 5. The van der Waals surface area contributed by atoms with E-state index >= 15 is 0 Å². The Morgan fingerprint density at radius 2 is 1.98 bits per heavy atom. The highest BCUT2D eigenvalue weighted by molar-refractivity contribution is 5.87. The molecule has 4 N–H and O–H groups in total. The number of unbranched alkanes of at least 4 members (excludes halogenated alkanes) is 1. The molecule has 0 bridgehead atoms. The zero-order chi connectivity index (χ0) is 33.1. The molecule has 240 valence electrons. The highest BCUT2D eigenvalue weighted by atomic mass is 19.1. The number of fused-ring (bicyclic) bond motifs is 1. The maximum Gasteiger partial charge on any atom is 0.125 e. The smallest absolute Gasteiger partial charge is 0.125 e. The van der Waals surface area contributed by atoms with Crippen LogP contribution in [0.4, 0.5) is 21.5 Å². The van der Waals surface area contributed by atoms with Gasteiger partial charge in [0.15, 0.2) is 0 Å². The van der Waals surface area contributed by atoms with Gasteiger partial charge in [-0.3, -0.25) is 15.1 Å². The first-order valence-electron chi connectivity index (χ1n) is 15.4. The van der Waals surface area contributed by atoms with E-state index in [1.807, 2.05) is 51.4 Å². The number of aromatic amines is 1. The van der Waals surface area contributed by atoms with Crippen LogP contribution in [-0.2, 0) is 6.54 Å². The lowest BCUT2D eigenvalue weighted by Crippen LogP contribution is -2.20. The van der Waals surface area contributed by atoms with Gasteiger partial charge in [0.2, 0.25) is 0 Å². The van der Waals surface area contributed by atoms with Crippen molar-refractivity contribution in [3.8, 4) is 11.1 Å². The van der Waals surface area contributed by atoms with Crippen molar-refractivity contribution in [1.29, 1.82) is 0 Å². The van der Waals surface area contributed by atoms with Gasteiger partial charge in [0.1, 0.15) is 16.9 Å². The number of hydrogen-bond donors (Lipinski definition) is 4. The number of aromatic nitrogens is 4. The number of pyridine rings is 2. The van der Waals surface area contributed by atoms with Crippen LogP contribution >= 0.6 is 0 Å². The van der Waals surface area contributed by atoms with Gasteiger partial charge in [0.05, 0.1) is 35.5 Å². The van der Waals surface area contributed by atoms with E-state index in [0.717, 1.165) is 65.2 Å². The Morgan fingerprint density at radius 1 is 1.15 bits per heavy atom. The van der Waals surface area contributed by atoms with Gasteiger partial charge in [0.25, 0.3) is 0 Å². The van der Waals surface area contributed by atoms with Crippen LogP contribution in [0.25, 0.3) is 27.7 Å². The van der Waals surface area contributed by atoms with Crippen LogP contribution in [-0.4, -0.2) is 59.0 Å². The summed E-state index contributed by atoms with van der Waals surface area (Å²) in [5.41, 5.74) is 9.07. The van der Waals surface area contributed by atoms with Crippen molar-refractivity contribution in [3.63, 3.8) is 0 Å². The molecule has 3 aromatic heterocycles. The Morgan fingerprint density at radius 3 is 2.70 bits per heavy atom. The van der Waals surface area contributed by atoms with Gasteiger partial charge in [-0.25, -0.2) is 9.37 Å². The van der Waals surface area contributed by atoms with E-state index in [9.17, 15) is 4.39 Å². The van der Waals surface area contributed by atoms with Gasteiger partial charge in [-0.1, -0.05) is 32.6 Å². The number of benzene rings is 1. The molecule has 1 aromatic carbocycles. The average Bonchev–Trinajstić information content (AvgIpc) is 3.46. The van der Waals surface area contributed by atoms with Crippen molar-refractivity contribution < 1.29 is 4.39 Å². The number of H-pyrrole nitrogens is 1. The van der Waals surface area contributed by atoms with Crippen LogP contribution in [0.15, 0.2) is 90.5 Å². The number of hydrogen-bond acceptors (Lipinski definition) is 8. The molecule has 0 saturated carbocycles. The highest BCUT2D eigenvalue weighted by Crippen LogP contribution is 2.37. The van der Waals surface area contributed by atoms with E-state index in [2.05, 4.69) is 67.8 Å². The number of allylic oxidation sites excluding steroid dienone is 5. The van der Waals surface area contributed by atoms with E-state index in [4.69, 9.17) is 4.98 Å². The fraction of sp³-hybridized carbons (Fsp3) is 0.278. The molecular weight excluding hydrogens is 577 g/mol. The van der Waals surface area contributed by atoms with E-state index in [1.165, 1.54) is 12.1 Å². The van der Waals surface area contributed by atoms with Crippen LogP contribution in [0.5, 0.6) is 0 Å². The molecule has 9 nitrogen and oxygen atoms in total. The molecule has 0 saturated heterocycles. The molecule has 0 radical (unpaired) electrons. The Kier molecular flexibility index (Phi) is 12.0. The number of rotatable bonds is 17. The van der Waals surface area contributed by atoms with Crippen molar-refractivity contribution in [2.75, 3.05) is 37.8 Å². The van der Waals surface area contributed by atoms with E-state index < -0.39 is 0 Å². The summed E-state index contributed by atoms with van der Waals surface area (Å²) in [5.74, 6) is -0.350. The standard InChI is InChI=1S/C36H44FN9/c1-8-11-12-24(4)42-28(10-3)18-25(9-2)31-13-14-32-36(43-31)34(45-44-32)23-41-33-22-39-21-30(35(33)38-5)26-17-27(37)20-29(19-26)40-15-16-46(6)7/h9-10,13-14,17-22,40-42H,3-5,8,11-12,15-16,23H2,1-2,6-7H3,(H,44,45)/b25-9+,28-18+. The Hall–Kier alpha value is -5.09. The van der Waals surface area contributed by atoms with Crippen LogP contribution in [0.2, 0.25) is 0 Å². The van der Waals surface area contributed by atoms with Crippen molar-refractivity contribution in [1.82, 2.24) is 30.4 Å². The number of halogens is 1. The van der Waals surface area contributed by atoms with E-state index in [1.54, 1.807) is 18.5 Å². The van der Waals surface area contributed by atoms with Crippen molar-refractivity contribution in [2.45, 2.75) is 39.7 Å². The largest absolute Gasteiger partial charge is 0.384 e. The van der Waals surface area contributed by atoms with Crippen LogP contribution in [0.1, 0.15) is 44.5 Å². The molecule has 0 unspecified atom stereocenters. The van der Waals surface area contributed by atoms with Gasteiger partial charge in [-0.05, 0) is 94.2 Å². The fourth-order valence-electron chi connectivity index (χ4n) is 4.92. The molecule has 46 heavy (non-hydrogen) atoms. The summed E-state index contributed by atoms with van der Waals surface area (Å²) >= 11 is 0. The lowest BCUT2D eigenvalue weighted by Gasteiger charge is -2.15. The minimum atomic E-state index is -0.350. The number of nitrogens with one attached hydrogen (secondary N) is 4. The van der Waals surface area contributed by atoms with Crippen LogP contribution in [0, 0.1) is 5.82 Å². The highest BCUT2D eigenvalue weighted by Gasteiger charge is 2.15. The third kappa shape index (κ3) is 8.76. The maximum atomic E-state index is 14.7. The zero-order valence-electron chi connectivity index (χ0n) is 27.3. The Bertz CT molecular complexity index is 1750. The third-order valence-electron chi connectivity index (χ3n) is 7.39. The first-order chi connectivity index (χ1) is 22.3. The predicted molar refractivity (Wildman–Crippen MR) is 191 cm³/mol. The van der Waals surface area contributed by atoms with Gasteiger partial charge in [0, 0.05) is 41.9 Å². The van der Waals surface area contributed by atoms with Gasteiger partial charge in [-0.15, -0.1) is 0 Å². The lowest BCUT2D eigenvalue weighted by atomic mass is 10.0. The molecule has 0 amide bonds. The molecule has 0 aliphatic rings. The summed E-state index contributed by atoms with van der Waals surface area (Å²) in [7, 11) is 3.99. The van der Waals surface area contributed by atoms with Gasteiger partial charge >= 0.3 is 0 Å². The minimum Gasteiger partial charge on any atom is -0.384 e. The lowest BCUT2D eigenvalue weighted by molar-refractivity contribution is 0.425. The number of aliphatic imine (C=N–C) groups is 1. The minimum absolute atomic E-state index is 0.350. The maximum absolute atomic E-state index is 14.7. The van der Waals surface area contributed by atoms with E-state index in [0.29, 0.717) is 41.3 Å². The molecule has 0 fully saturated rings. The van der Waals surface area contributed by atoms with Crippen molar-refractivity contribution >= 4 is 40.4 Å². The van der Waals surface area contributed by atoms with Crippen molar-refractivity contribution in [3.05, 3.63) is 103 Å². The number of anilines is 2. The fourth-order valence-corrected chi connectivity index (χ4v) is 4.92. The summed E-state index contributed by atoms with van der Waals surface area (Å²) < 4.78 is 14.7. The second kappa shape index (κ2) is 16.3. The quantitative estimate of drug-likeness (QED) is 0.0703. The molecule has 0 atom stereocenters. The molecule has 3 heterocycles. The first kappa shape index (κ1) is 33.8. The predicted octanol–water partition coefficient (Wildman–Crippen LogP) is 7.84. The molecular formula is C36H44FN9. The number of likely N-dealkylation sites (N-methyl/N-ethyl adjacent to an activating group) is 1. The monoisotopic (exact) mass is 621 g/mol. The van der Waals surface area contributed by atoms with Gasteiger partial charge < -0.3 is 20.9 Å². The molecule has 10 heteroatoms. The summed E-state index contributed by atoms with van der Waals surface area (Å²) in [6, 6.07) is 8.75. The summed E-state index contributed by atoms with van der Waals surface area (Å²) in [6.45, 7) is 17.9. The summed E-state index contributed by atoms with van der Waals surface area (Å²) in [6.07, 6.45) is 12.3. The van der Waals surface area contributed by atoms with E-state index in [-0.39, 0.29) is 5.82 Å². The summed E-state index contributed by atoms with van der Waals surface area (Å²) in [4.78, 5) is 15.7. The SMILES string of the molecule is C=C/C(=C\C(=C/C)c1ccc2n[nH]c(CNc3cncc(-c4cc(F)cc(NCCN(C)C)c4)c3N=C)c2n1)NC(=C)CCCC. The summed E-state index contributed by atoms with van der Waals surface area (Å²) in [5, 5.41) is 17.6. The average molecular weight is 622 g/mol. The zero-order valence-corrected chi connectivity index (χ0v) is 27.3. The van der Waals surface area contributed by atoms with Gasteiger partial charge in [-0.2, -0.15) is 5.10 Å². The molecule has 0 aliphatic carbocycles.